The normalized spacial score (nSPS) is 11.0. The van der Waals surface area contributed by atoms with E-state index in [2.05, 4.69) is 23.6 Å². The molecule has 1 aromatic carbocycles. The summed E-state index contributed by atoms with van der Waals surface area (Å²) in [7, 11) is 1.64. The van der Waals surface area contributed by atoms with E-state index < -0.39 is 0 Å². The van der Waals surface area contributed by atoms with Crippen molar-refractivity contribution < 1.29 is 9.47 Å². The highest BCUT2D eigenvalue weighted by Crippen LogP contribution is 2.33. The van der Waals surface area contributed by atoms with Crippen molar-refractivity contribution in [1.29, 1.82) is 0 Å². The maximum atomic E-state index is 5.94. The number of imidazole rings is 1. The molecule has 0 fully saturated rings. The fourth-order valence-electron chi connectivity index (χ4n) is 2.42. The van der Waals surface area contributed by atoms with E-state index in [4.69, 9.17) is 15.2 Å². The first-order valence-electron chi connectivity index (χ1n) is 8.39. The van der Waals surface area contributed by atoms with Gasteiger partial charge in [-0.25, -0.2) is 9.66 Å². The SMILES string of the molecule is C=CCc1cc(C=Nn2cc(C)nc2N)cc(OC)c1OCCCC. The number of hydrogen-bond acceptors (Lipinski definition) is 5. The van der Waals surface area contributed by atoms with Gasteiger partial charge in [0.05, 0.1) is 31.8 Å². The number of aromatic nitrogens is 2. The van der Waals surface area contributed by atoms with Crippen molar-refractivity contribution in [3.63, 3.8) is 0 Å². The average Bonchev–Trinajstić information content (AvgIpc) is 2.92. The summed E-state index contributed by atoms with van der Waals surface area (Å²) in [6.07, 6.45) is 8.11. The minimum absolute atomic E-state index is 0.353. The minimum Gasteiger partial charge on any atom is -0.493 e. The fraction of sp³-hybridized carbons (Fsp3) is 0.368. The summed E-state index contributed by atoms with van der Waals surface area (Å²) >= 11 is 0. The van der Waals surface area contributed by atoms with E-state index in [-0.39, 0.29) is 0 Å². The molecule has 6 heteroatoms. The second-order valence-corrected chi connectivity index (χ2v) is 5.74. The molecule has 0 amide bonds. The molecule has 134 valence electrons. The van der Waals surface area contributed by atoms with E-state index in [1.54, 1.807) is 24.2 Å². The standard InChI is InChI=1S/C19H26N4O2/c1-5-7-9-25-18-16(8-6-2)10-15(11-17(18)24-4)12-21-23-13-14(3)22-19(23)20/h6,10-13H,2,5,7-9H2,1,3-4H3,(H2,20,22). The van der Waals surface area contributed by atoms with Crippen LogP contribution in [-0.2, 0) is 6.42 Å². The molecule has 0 saturated carbocycles. The third kappa shape index (κ3) is 4.86. The largest absolute Gasteiger partial charge is 0.493 e. The molecule has 0 aliphatic rings. The zero-order valence-corrected chi connectivity index (χ0v) is 15.2. The molecule has 25 heavy (non-hydrogen) atoms. The van der Waals surface area contributed by atoms with Crippen LogP contribution in [-0.4, -0.2) is 29.6 Å². The number of aryl methyl sites for hydroxylation is 1. The molecule has 0 atom stereocenters. The Morgan fingerprint density at radius 2 is 2.20 bits per heavy atom. The number of nitrogens with zero attached hydrogens (tertiary/aromatic N) is 3. The Hall–Kier alpha value is -2.76. The Labute approximate surface area is 149 Å². The number of benzene rings is 1. The fourth-order valence-corrected chi connectivity index (χ4v) is 2.42. The highest BCUT2D eigenvalue weighted by atomic mass is 16.5. The summed E-state index contributed by atoms with van der Waals surface area (Å²) in [5, 5.41) is 4.36. The number of unbranched alkanes of at least 4 members (excludes halogenated alkanes) is 1. The Morgan fingerprint density at radius 3 is 2.80 bits per heavy atom. The van der Waals surface area contributed by atoms with Crippen LogP contribution in [0.15, 0.2) is 36.1 Å². The third-order valence-corrected chi connectivity index (χ3v) is 3.65. The molecule has 0 aliphatic carbocycles. The number of hydrogen-bond donors (Lipinski definition) is 1. The smallest absolute Gasteiger partial charge is 0.221 e. The number of ether oxygens (including phenoxy) is 2. The van der Waals surface area contributed by atoms with E-state index in [0.717, 1.165) is 35.4 Å². The Balaban J connectivity index is 2.33. The number of nitrogens with two attached hydrogens (primary N) is 1. The number of anilines is 1. The van der Waals surface area contributed by atoms with Crippen molar-refractivity contribution in [3.05, 3.63) is 47.8 Å². The maximum absolute atomic E-state index is 5.94. The average molecular weight is 342 g/mol. The first-order chi connectivity index (χ1) is 12.1. The molecule has 0 saturated heterocycles. The van der Waals surface area contributed by atoms with Crippen LogP contribution in [0.1, 0.15) is 36.6 Å². The van der Waals surface area contributed by atoms with Gasteiger partial charge in [-0.3, -0.25) is 0 Å². The van der Waals surface area contributed by atoms with Gasteiger partial charge < -0.3 is 15.2 Å². The molecular formula is C19H26N4O2. The van der Waals surface area contributed by atoms with Crippen LogP contribution in [0.3, 0.4) is 0 Å². The highest BCUT2D eigenvalue weighted by molar-refractivity contribution is 5.81. The van der Waals surface area contributed by atoms with Gasteiger partial charge in [-0.1, -0.05) is 19.4 Å². The third-order valence-electron chi connectivity index (χ3n) is 3.65. The van der Waals surface area contributed by atoms with E-state index >= 15 is 0 Å². The Bertz CT molecular complexity index is 750. The number of nitrogen functional groups attached to an aromatic ring is 1. The summed E-state index contributed by atoms with van der Waals surface area (Å²) in [4.78, 5) is 4.13. The summed E-state index contributed by atoms with van der Waals surface area (Å²) in [6.45, 7) is 8.49. The molecule has 6 nitrogen and oxygen atoms in total. The Morgan fingerprint density at radius 1 is 1.40 bits per heavy atom. The highest BCUT2D eigenvalue weighted by Gasteiger charge is 2.12. The lowest BCUT2D eigenvalue weighted by molar-refractivity contribution is 0.286. The summed E-state index contributed by atoms with van der Waals surface area (Å²) in [5.74, 6) is 1.81. The molecule has 0 spiro atoms. The van der Waals surface area contributed by atoms with Crippen molar-refractivity contribution >= 4 is 12.2 Å². The van der Waals surface area contributed by atoms with Gasteiger partial charge >= 0.3 is 0 Å². The Kier molecular flexibility index (Phi) is 6.62. The molecule has 1 aromatic heterocycles. The molecule has 0 radical (unpaired) electrons. The topological polar surface area (TPSA) is 74.7 Å². The second-order valence-electron chi connectivity index (χ2n) is 5.74. The minimum atomic E-state index is 0.353. The lowest BCUT2D eigenvalue weighted by Gasteiger charge is -2.15. The number of methoxy groups -OCH3 is 1. The van der Waals surface area contributed by atoms with Gasteiger partial charge in [0, 0.05) is 5.56 Å². The predicted molar refractivity (Wildman–Crippen MR) is 102 cm³/mol. The van der Waals surface area contributed by atoms with Crippen LogP contribution in [0.25, 0.3) is 0 Å². The molecule has 2 rings (SSSR count). The van der Waals surface area contributed by atoms with Crippen molar-refractivity contribution in [2.45, 2.75) is 33.1 Å². The van der Waals surface area contributed by atoms with Gasteiger partial charge in [-0.2, -0.15) is 5.10 Å². The van der Waals surface area contributed by atoms with Crippen LogP contribution in [0, 0.1) is 6.92 Å². The van der Waals surface area contributed by atoms with E-state index in [1.807, 2.05) is 25.1 Å². The number of allylic oxidation sites excluding steroid dienone is 1. The van der Waals surface area contributed by atoms with E-state index in [0.29, 0.717) is 24.7 Å². The van der Waals surface area contributed by atoms with Crippen molar-refractivity contribution in [3.8, 4) is 11.5 Å². The predicted octanol–water partition coefficient (Wildman–Crippen LogP) is 3.57. The quantitative estimate of drug-likeness (QED) is 0.429. The second kappa shape index (κ2) is 8.92. The molecule has 2 aromatic rings. The van der Waals surface area contributed by atoms with Crippen LogP contribution < -0.4 is 15.2 Å². The van der Waals surface area contributed by atoms with Crippen LogP contribution in [0.2, 0.25) is 0 Å². The van der Waals surface area contributed by atoms with Gasteiger partial charge in [-0.15, -0.1) is 6.58 Å². The van der Waals surface area contributed by atoms with Crippen molar-refractivity contribution in [2.75, 3.05) is 19.5 Å². The summed E-state index contributed by atoms with van der Waals surface area (Å²) in [6, 6.07) is 3.92. The molecule has 0 unspecified atom stereocenters. The maximum Gasteiger partial charge on any atom is 0.221 e. The monoisotopic (exact) mass is 342 g/mol. The van der Waals surface area contributed by atoms with Gasteiger partial charge in [0.25, 0.3) is 0 Å². The van der Waals surface area contributed by atoms with Gasteiger partial charge in [0.15, 0.2) is 11.5 Å². The molecule has 2 N–H and O–H groups in total. The van der Waals surface area contributed by atoms with Crippen molar-refractivity contribution in [1.82, 2.24) is 9.66 Å². The van der Waals surface area contributed by atoms with Crippen LogP contribution in [0.4, 0.5) is 5.95 Å². The molecular weight excluding hydrogens is 316 g/mol. The number of rotatable bonds is 9. The van der Waals surface area contributed by atoms with Crippen LogP contribution >= 0.6 is 0 Å². The lowest BCUT2D eigenvalue weighted by atomic mass is 10.1. The van der Waals surface area contributed by atoms with Gasteiger partial charge in [0.1, 0.15) is 0 Å². The van der Waals surface area contributed by atoms with Gasteiger partial charge in [-0.05, 0) is 37.5 Å². The van der Waals surface area contributed by atoms with E-state index in [1.165, 1.54) is 0 Å². The molecule has 1 heterocycles. The van der Waals surface area contributed by atoms with E-state index in [9.17, 15) is 0 Å². The molecule has 0 aliphatic heterocycles. The summed E-state index contributed by atoms with van der Waals surface area (Å²) < 4.78 is 13.0. The summed E-state index contributed by atoms with van der Waals surface area (Å²) in [5.41, 5.74) is 8.54. The lowest BCUT2D eigenvalue weighted by Crippen LogP contribution is -2.03. The zero-order valence-electron chi connectivity index (χ0n) is 15.2. The van der Waals surface area contributed by atoms with Crippen molar-refractivity contribution in [2.24, 2.45) is 5.10 Å². The van der Waals surface area contributed by atoms with Gasteiger partial charge in [0.2, 0.25) is 5.95 Å². The first kappa shape index (κ1) is 18.6. The zero-order chi connectivity index (χ0) is 18.2. The first-order valence-corrected chi connectivity index (χ1v) is 8.39. The molecule has 0 bridgehead atoms. The van der Waals surface area contributed by atoms with Crippen LogP contribution in [0.5, 0.6) is 11.5 Å².